The molecular formula is C35H51N7O10. The van der Waals surface area contributed by atoms with Crippen LogP contribution in [0.15, 0.2) is 48.5 Å². The molecule has 0 aromatic heterocycles. The smallest absolute Gasteiger partial charge is 0.429 e. The van der Waals surface area contributed by atoms with Gasteiger partial charge in [-0.25, -0.2) is 9.59 Å². The summed E-state index contributed by atoms with van der Waals surface area (Å²) in [4.78, 5) is 73.0. The number of nitro groups is 1. The molecule has 0 radical (unpaired) electrons. The molecule has 3 unspecified atom stereocenters. The average Bonchev–Trinajstić information content (AvgIpc) is 3.06. The van der Waals surface area contributed by atoms with Crippen molar-refractivity contribution < 1.29 is 43.1 Å². The second-order valence-corrected chi connectivity index (χ2v) is 13.3. The van der Waals surface area contributed by atoms with Crippen molar-refractivity contribution in [3.63, 3.8) is 0 Å². The first-order valence-corrected chi connectivity index (χ1v) is 17.0. The minimum atomic E-state index is -1.03. The third kappa shape index (κ3) is 17.1. The maximum absolute atomic E-state index is 13.4. The summed E-state index contributed by atoms with van der Waals surface area (Å²) in [6.07, 6.45) is 0.498. The molecule has 8 N–H and O–H groups in total. The van der Waals surface area contributed by atoms with E-state index < -0.39 is 41.0 Å². The van der Waals surface area contributed by atoms with Crippen molar-refractivity contribution in [2.24, 2.45) is 17.4 Å². The molecular weight excluding hydrogens is 678 g/mol. The predicted molar refractivity (Wildman–Crippen MR) is 192 cm³/mol. The molecule has 0 fully saturated rings. The summed E-state index contributed by atoms with van der Waals surface area (Å²) in [6, 6.07) is 8.60. The van der Waals surface area contributed by atoms with Crippen molar-refractivity contribution in [3.05, 3.63) is 64.2 Å². The molecule has 2 rings (SSSR count). The lowest BCUT2D eigenvalue weighted by Crippen LogP contribution is -2.54. The number of primary amides is 1. The highest BCUT2D eigenvalue weighted by atomic mass is 16.7. The van der Waals surface area contributed by atoms with E-state index >= 15 is 0 Å². The number of carbonyl (C=O) groups is 5. The van der Waals surface area contributed by atoms with E-state index in [4.69, 9.17) is 25.7 Å². The van der Waals surface area contributed by atoms with E-state index in [1.807, 2.05) is 20.8 Å². The van der Waals surface area contributed by atoms with E-state index in [0.29, 0.717) is 37.1 Å². The summed E-state index contributed by atoms with van der Waals surface area (Å²) < 4.78 is 15.9. The van der Waals surface area contributed by atoms with Crippen LogP contribution in [-0.2, 0) is 30.5 Å². The van der Waals surface area contributed by atoms with Crippen molar-refractivity contribution in [2.45, 2.75) is 97.1 Å². The van der Waals surface area contributed by atoms with Crippen LogP contribution in [0.2, 0.25) is 0 Å². The second kappa shape index (κ2) is 21.2. The molecule has 0 saturated carbocycles. The minimum absolute atomic E-state index is 0.0709. The zero-order chi connectivity index (χ0) is 38.8. The third-order valence-corrected chi connectivity index (χ3v) is 7.62. The lowest BCUT2D eigenvalue weighted by atomic mass is 10.0. The normalized spacial score (nSPS) is 12.9. The largest absolute Gasteiger partial charge is 0.514 e. The number of benzene rings is 2. The molecule has 5 amide bonds. The molecule has 0 aliphatic rings. The standard InChI is InChI=1S/C35H51N7O10/c1-22(2)30(41-29(43)17-8-23(3)50-20-18-35(4,5)37)32(45)40-28(7-6-19-38-33(36)46)31(44)39-25-11-9-24(10-12-25)21-51-34(47)52-27-15-13-26(14-16-27)42(48)49/h9-16,22-23,28,30H,6-8,17-21,37H2,1-5H3,(H,39,44)(H,40,45)(H,41,43)(H3,36,38,46). The lowest BCUT2D eigenvalue weighted by molar-refractivity contribution is -0.384. The van der Waals surface area contributed by atoms with E-state index in [9.17, 15) is 34.1 Å². The topological polar surface area (TPSA) is 256 Å². The number of nitrogens with two attached hydrogens (primary N) is 2. The number of rotatable bonds is 21. The number of amides is 5. The van der Waals surface area contributed by atoms with Crippen molar-refractivity contribution in [1.82, 2.24) is 16.0 Å². The highest BCUT2D eigenvalue weighted by Gasteiger charge is 2.29. The number of nitrogens with one attached hydrogen (secondary N) is 4. The van der Waals surface area contributed by atoms with Crippen LogP contribution >= 0.6 is 0 Å². The predicted octanol–water partition coefficient (Wildman–Crippen LogP) is 3.64. The van der Waals surface area contributed by atoms with E-state index in [1.54, 1.807) is 38.1 Å². The molecule has 52 heavy (non-hydrogen) atoms. The van der Waals surface area contributed by atoms with Crippen LogP contribution in [0.3, 0.4) is 0 Å². The number of non-ortho nitro benzene ring substituents is 1. The van der Waals surface area contributed by atoms with E-state index in [-0.39, 0.29) is 60.9 Å². The van der Waals surface area contributed by atoms with Gasteiger partial charge in [0.1, 0.15) is 24.4 Å². The summed E-state index contributed by atoms with van der Waals surface area (Å²) in [5.74, 6) is -1.65. The second-order valence-electron chi connectivity index (χ2n) is 13.3. The molecule has 286 valence electrons. The first-order valence-electron chi connectivity index (χ1n) is 17.0. The van der Waals surface area contributed by atoms with Crippen molar-refractivity contribution in [3.8, 4) is 5.75 Å². The first kappa shape index (κ1) is 42.9. The monoisotopic (exact) mass is 729 g/mol. The Balaban J connectivity index is 1.97. The van der Waals surface area contributed by atoms with Gasteiger partial charge >= 0.3 is 12.2 Å². The van der Waals surface area contributed by atoms with E-state index in [0.717, 1.165) is 0 Å². The Bertz CT molecular complexity index is 1490. The molecule has 3 atom stereocenters. The highest BCUT2D eigenvalue weighted by Crippen LogP contribution is 2.18. The molecule has 17 heteroatoms. The Morgan fingerprint density at radius 2 is 1.58 bits per heavy atom. The zero-order valence-corrected chi connectivity index (χ0v) is 30.3. The number of hydrogen-bond acceptors (Lipinski definition) is 11. The zero-order valence-electron chi connectivity index (χ0n) is 30.3. The number of nitro benzene ring substituents is 1. The Hall–Kier alpha value is -5.29. The molecule has 0 aliphatic heterocycles. The van der Waals surface area contributed by atoms with Gasteiger partial charge in [-0.15, -0.1) is 0 Å². The Morgan fingerprint density at radius 1 is 0.923 bits per heavy atom. The van der Waals surface area contributed by atoms with Gasteiger partial charge in [0.2, 0.25) is 17.7 Å². The van der Waals surface area contributed by atoms with Crippen molar-refractivity contribution >= 4 is 41.3 Å². The van der Waals surface area contributed by atoms with Crippen LogP contribution in [0.4, 0.5) is 21.0 Å². The molecule has 17 nitrogen and oxygen atoms in total. The molecule has 0 saturated heterocycles. The Morgan fingerprint density at radius 3 is 2.15 bits per heavy atom. The maximum Gasteiger partial charge on any atom is 0.514 e. The average molecular weight is 730 g/mol. The summed E-state index contributed by atoms with van der Waals surface area (Å²) in [7, 11) is 0. The number of carbonyl (C=O) groups excluding carboxylic acids is 5. The quantitative estimate of drug-likeness (QED) is 0.0355. The number of hydrogen-bond donors (Lipinski definition) is 6. The van der Waals surface area contributed by atoms with Crippen LogP contribution in [-0.4, -0.2) is 71.7 Å². The maximum atomic E-state index is 13.4. The fourth-order valence-electron chi connectivity index (χ4n) is 4.59. The molecule has 0 spiro atoms. The molecule has 0 aliphatic carbocycles. The van der Waals surface area contributed by atoms with Gasteiger partial charge in [-0.2, -0.15) is 0 Å². The van der Waals surface area contributed by atoms with Gasteiger partial charge in [-0.3, -0.25) is 24.5 Å². The van der Waals surface area contributed by atoms with Gasteiger partial charge in [-0.1, -0.05) is 26.0 Å². The van der Waals surface area contributed by atoms with Gasteiger partial charge in [-0.05, 0) is 82.2 Å². The SMILES string of the molecule is CC(CCC(=O)NC(C(=O)NC(CCCNC(N)=O)C(=O)Nc1ccc(COC(=O)Oc2ccc([N+](=O)[O-])cc2)cc1)C(C)C)OCCC(C)(C)N. The summed E-state index contributed by atoms with van der Waals surface area (Å²) in [5, 5.41) is 21.5. The summed E-state index contributed by atoms with van der Waals surface area (Å²) >= 11 is 0. The van der Waals surface area contributed by atoms with Crippen LogP contribution in [0, 0.1) is 16.0 Å². The van der Waals surface area contributed by atoms with Crippen LogP contribution in [0.25, 0.3) is 0 Å². The van der Waals surface area contributed by atoms with Crippen molar-refractivity contribution in [2.75, 3.05) is 18.5 Å². The van der Waals surface area contributed by atoms with Crippen LogP contribution in [0.5, 0.6) is 5.75 Å². The lowest BCUT2D eigenvalue weighted by Gasteiger charge is -2.26. The van der Waals surface area contributed by atoms with Gasteiger partial charge in [0.25, 0.3) is 5.69 Å². The number of anilines is 1. The van der Waals surface area contributed by atoms with Crippen LogP contribution < -0.4 is 37.5 Å². The number of nitrogens with zero attached hydrogens (tertiary/aromatic N) is 1. The third-order valence-electron chi connectivity index (χ3n) is 7.62. The summed E-state index contributed by atoms with van der Waals surface area (Å²) in [5.41, 5.74) is 11.6. The highest BCUT2D eigenvalue weighted by molar-refractivity contribution is 5.98. The first-order chi connectivity index (χ1) is 24.4. The molecule has 0 heterocycles. The van der Waals surface area contributed by atoms with Crippen LogP contribution in [0.1, 0.15) is 72.3 Å². The van der Waals surface area contributed by atoms with E-state index in [1.165, 1.54) is 24.3 Å². The molecule has 2 aromatic carbocycles. The fraction of sp³-hybridized carbons (Fsp3) is 0.514. The molecule has 0 bridgehead atoms. The fourth-order valence-corrected chi connectivity index (χ4v) is 4.59. The Kier molecular flexibility index (Phi) is 17.4. The minimum Gasteiger partial charge on any atom is -0.429 e. The van der Waals surface area contributed by atoms with Gasteiger partial charge in [0.05, 0.1) is 11.0 Å². The van der Waals surface area contributed by atoms with Crippen molar-refractivity contribution in [1.29, 1.82) is 0 Å². The van der Waals surface area contributed by atoms with Gasteiger partial charge < -0.3 is 46.9 Å². The summed E-state index contributed by atoms with van der Waals surface area (Å²) in [6.45, 7) is 9.70. The number of ether oxygens (including phenoxy) is 3. The van der Waals surface area contributed by atoms with Gasteiger partial charge in [0.15, 0.2) is 0 Å². The number of urea groups is 1. The molecule has 2 aromatic rings. The van der Waals surface area contributed by atoms with Gasteiger partial charge in [0, 0.05) is 42.9 Å². The van der Waals surface area contributed by atoms with E-state index in [2.05, 4.69) is 21.3 Å². The Labute approximate surface area is 303 Å².